The van der Waals surface area contributed by atoms with Gasteiger partial charge in [-0.2, -0.15) is 0 Å². The van der Waals surface area contributed by atoms with E-state index in [0.29, 0.717) is 24.2 Å². The molecule has 1 aliphatic carbocycles. The minimum absolute atomic E-state index is 0.178. The molecule has 7 heteroatoms. The fraction of sp³-hybridized carbons (Fsp3) is 0.412. The molecule has 0 spiro atoms. The van der Waals surface area contributed by atoms with E-state index in [2.05, 4.69) is 0 Å². The van der Waals surface area contributed by atoms with Gasteiger partial charge in [0.05, 0.1) is 6.61 Å². The Morgan fingerprint density at radius 3 is 2.25 bits per heavy atom. The second-order valence-corrected chi connectivity index (χ2v) is 7.65. The van der Waals surface area contributed by atoms with Crippen LogP contribution in [0.4, 0.5) is 0 Å². The second kappa shape index (κ2) is 7.99. The van der Waals surface area contributed by atoms with Crippen molar-refractivity contribution >= 4 is 19.2 Å². The average molecular weight is 350 g/mol. The molecule has 0 amide bonds. The lowest BCUT2D eigenvalue weighted by Gasteiger charge is -2.27. The molecule has 130 valence electrons. The van der Waals surface area contributed by atoms with Gasteiger partial charge < -0.3 is 4.52 Å². The highest BCUT2D eigenvalue weighted by Crippen LogP contribution is 2.43. The minimum Gasteiger partial charge on any atom is -0.301 e. The van der Waals surface area contributed by atoms with E-state index in [0.717, 1.165) is 12.8 Å². The molecule has 0 saturated heterocycles. The van der Waals surface area contributed by atoms with Crippen molar-refractivity contribution in [2.75, 3.05) is 19.7 Å². The number of Topliss-reactive ketones (excluding diaryl/α,β-unsaturated/α-hetero) is 1. The average Bonchev–Trinajstić information content (AvgIpc) is 2.57. The van der Waals surface area contributed by atoms with Crippen LogP contribution in [0.5, 0.6) is 0 Å². The van der Waals surface area contributed by atoms with Gasteiger partial charge in [0.15, 0.2) is 11.6 Å². The largest absolute Gasteiger partial charge is 0.341 e. The third-order valence-corrected chi connectivity index (χ3v) is 5.48. The molecule has 2 N–H and O–H groups in total. The molecule has 0 aliphatic heterocycles. The van der Waals surface area contributed by atoms with Gasteiger partial charge in [0.25, 0.3) is 0 Å². The summed E-state index contributed by atoms with van der Waals surface area (Å²) in [6.07, 6.45) is 2.82. The first-order valence-corrected chi connectivity index (χ1v) is 9.72. The quantitative estimate of drug-likeness (QED) is 0.724. The molecule has 1 unspecified atom stereocenters. The lowest BCUT2D eigenvalue weighted by Crippen LogP contribution is -2.29. The van der Waals surface area contributed by atoms with Crippen LogP contribution < -0.4 is 5.50 Å². The monoisotopic (exact) mass is 350 g/mol. The molecule has 1 aliphatic rings. The molecule has 0 fully saturated rings. The molecule has 6 nitrogen and oxygen atoms in total. The van der Waals surface area contributed by atoms with Crippen LogP contribution in [0.3, 0.4) is 0 Å². The molecule has 2 rings (SSSR count). The Morgan fingerprint density at radius 2 is 1.67 bits per heavy atom. The van der Waals surface area contributed by atoms with Gasteiger partial charge in [-0.15, -0.1) is 0 Å². The summed E-state index contributed by atoms with van der Waals surface area (Å²) in [5.41, 5.74) is 6.76. The standard InChI is InChI=1S/C17H23N2O4P/c1-3-9-19(10-4-2)24(18,22)23-12-13-11-16(20)14-7-5-6-8-15(14)17(13)21/h5-8,11H,3-4,9-10,12H2,1-2H3,(H2,18,22). The number of nitrogens with two attached hydrogens (primary N) is 1. The van der Waals surface area contributed by atoms with E-state index in [1.807, 2.05) is 13.8 Å². The summed E-state index contributed by atoms with van der Waals surface area (Å²) in [5.74, 6) is -0.544. The summed E-state index contributed by atoms with van der Waals surface area (Å²) in [5, 5.41) is 0. The Bertz CT molecular complexity index is 708. The Labute approximate surface area is 142 Å². The van der Waals surface area contributed by atoms with Crippen molar-refractivity contribution in [1.29, 1.82) is 0 Å². The summed E-state index contributed by atoms with van der Waals surface area (Å²) in [4.78, 5) is 24.6. The summed E-state index contributed by atoms with van der Waals surface area (Å²) < 4.78 is 19.6. The van der Waals surface area contributed by atoms with Crippen LogP contribution in [-0.4, -0.2) is 35.9 Å². The Hall–Kier alpha value is -1.59. The number of nitrogens with zero attached hydrogens (tertiary/aromatic N) is 1. The summed E-state index contributed by atoms with van der Waals surface area (Å²) in [6.45, 7) is 4.79. The highest BCUT2D eigenvalue weighted by Gasteiger charge is 2.30. The van der Waals surface area contributed by atoms with Crippen LogP contribution in [-0.2, 0) is 9.09 Å². The molecule has 1 aromatic carbocycles. The van der Waals surface area contributed by atoms with Crippen molar-refractivity contribution in [3.63, 3.8) is 0 Å². The Balaban J connectivity index is 2.13. The van der Waals surface area contributed by atoms with E-state index in [1.165, 1.54) is 6.08 Å². The summed E-state index contributed by atoms with van der Waals surface area (Å²) in [6, 6.07) is 6.62. The number of rotatable bonds is 8. The van der Waals surface area contributed by atoms with Gasteiger partial charge in [-0.05, 0) is 18.9 Å². The predicted molar refractivity (Wildman–Crippen MR) is 93.1 cm³/mol. The Kier molecular flexibility index (Phi) is 6.24. The van der Waals surface area contributed by atoms with Crippen LogP contribution in [0.1, 0.15) is 47.4 Å². The number of fused-ring (bicyclic) bond motifs is 1. The van der Waals surface area contributed by atoms with E-state index in [1.54, 1.807) is 28.9 Å². The van der Waals surface area contributed by atoms with Crippen LogP contribution in [0, 0.1) is 0 Å². The van der Waals surface area contributed by atoms with Crippen LogP contribution in [0.25, 0.3) is 0 Å². The maximum absolute atomic E-state index is 12.6. The first kappa shape index (κ1) is 18.7. The fourth-order valence-corrected chi connectivity index (χ4v) is 4.07. The van der Waals surface area contributed by atoms with Gasteiger partial charge in [0.2, 0.25) is 0 Å². The maximum Gasteiger partial charge on any atom is 0.341 e. The van der Waals surface area contributed by atoms with Gasteiger partial charge >= 0.3 is 7.67 Å². The molecule has 0 bridgehead atoms. The van der Waals surface area contributed by atoms with E-state index >= 15 is 0 Å². The Morgan fingerprint density at radius 1 is 1.08 bits per heavy atom. The van der Waals surface area contributed by atoms with Gasteiger partial charge in [-0.25, -0.2) is 10.2 Å². The van der Waals surface area contributed by atoms with Crippen molar-refractivity contribution < 1.29 is 18.7 Å². The molecular formula is C17H23N2O4P. The zero-order valence-corrected chi connectivity index (χ0v) is 14.9. The molecule has 1 atom stereocenters. The smallest absolute Gasteiger partial charge is 0.301 e. The normalized spacial score (nSPS) is 16.8. The van der Waals surface area contributed by atoms with Crippen molar-refractivity contribution in [1.82, 2.24) is 4.67 Å². The zero-order chi connectivity index (χ0) is 17.7. The van der Waals surface area contributed by atoms with Crippen molar-refractivity contribution in [2.24, 2.45) is 5.50 Å². The number of hydrogen-bond acceptors (Lipinski definition) is 4. The van der Waals surface area contributed by atoms with E-state index in [9.17, 15) is 14.2 Å². The number of carbonyl (C=O) groups is 2. The maximum atomic E-state index is 12.6. The van der Waals surface area contributed by atoms with E-state index in [4.69, 9.17) is 10.0 Å². The summed E-state index contributed by atoms with van der Waals surface area (Å²) >= 11 is 0. The van der Waals surface area contributed by atoms with E-state index < -0.39 is 7.67 Å². The number of benzene rings is 1. The first-order valence-electron chi connectivity index (χ1n) is 8.08. The third kappa shape index (κ3) is 4.08. The predicted octanol–water partition coefficient (Wildman–Crippen LogP) is 3.20. The SMILES string of the molecule is CCCN(CCC)P(N)(=O)OCC1=CC(=O)c2ccccc2C1=O. The summed E-state index contributed by atoms with van der Waals surface area (Å²) in [7, 11) is -3.50. The van der Waals surface area contributed by atoms with Gasteiger partial charge in [0, 0.05) is 29.8 Å². The van der Waals surface area contributed by atoms with Gasteiger partial charge in [-0.1, -0.05) is 38.1 Å². The molecule has 1 aromatic rings. The van der Waals surface area contributed by atoms with Crippen LogP contribution in [0.2, 0.25) is 0 Å². The van der Waals surface area contributed by atoms with Crippen molar-refractivity contribution in [3.8, 4) is 0 Å². The third-order valence-electron chi connectivity index (χ3n) is 3.80. The molecule has 0 radical (unpaired) electrons. The number of carbonyl (C=O) groups excluding carboxylic acids is 2. The topological polar surface area (TPSA) is 89.7 Å². The lowest BCUT2D eigenvalue weighted by molar-refractivity contribution is 0.0974. The van der Waals surface area contributed by atoms with Gasteiger partial charge in [-0.3, -0.25) is 14.2 Å². The van der Waals surface area contributed by atoms with E-state index in [-0.39, 0.29) is 23.7 Å². The molecule has 0 saturated carbocycles. The highest BCUT2D eigenvalue weighted by atomic mass is 31.2. The second-order valence-electron chi connectivity index (χ2n) is 5.70. The molecule has 0 heterocycles. The lowest BCUT2D eigenvalue weighted by atomic mass is 9.90. The first-order chi connectivity index (χ1) is 11.4. The van der Waals surface area contributed by atoms with Crippen molar-refractivity contribution in [3.05, 3.63) is 47.0 Å². The molecular weight excluding hydrogens is 327 g/mol. The van der Waals surface area contributed by atoms with Crippen LogP contribution in [0.15, 0.2) is 35.9 Å². The highest BCUT2D eigenvalue weighted by molar-refractivity contribution is 7.53. The number of ketones is 2. The molecule has 0 aromatic heterocycles. The van der Waals surface area contributed by atoms with Crippen molar-refractivity contribution in [2.45, 2.75) is 26.7 Å². The number of hydrogen-bond donors (Lipinski definition) is 1. The number of allylic oxidation sites excluding steroid dienone is 1. The fourth-order valence-electron chi connectivity index (χ4n) is 2.63. The van der Waals surface area contributed by atoms with Crippen LogP contribution >= 0.6 is 7.67 Å². The minimum atomic E-state index is -3.50. The molecule has 24 heavy (non-hydrogen) atoms. The van der Waals surface area contributed by atoms with Gasteiger partial charge in [0.1, 0.15) is 0 Å². The zero-order valence-electron chi connectivity index (χ0n) is 14.0.